The SMILES string of the molecule is COc1ccc([C@H]2[C@@H](C(=O)Nc3ccc(Oc4ccccc4)cc3)c3ccccc3C(=O)N2C)cc1. The van der Waals surface area contributed by atoms with E-state index in [1.54, 1.807) is 25.1 Å². The number of rotatable bonds is 6. The largest absolute Gasteiger partial charge is 0.497 e. The number of amides is 2. The van der Waals surface area contributed by atoms with Gasteiger partial charge < -0.3 is 19.7 Å². The molecule has 0 saturated heterocycles. The van der Waals surface area contributed by atoms with Crippen molar-refractivity contribution in [2.45, 2.75) is 12.0 Å². The Labute approximate surface area is 210 Å². The first-order valence-electron chi connectivity index (χ1n) is 11.7. The van der Waals surface area contributed by atoms with E-state index in [1.807, 2.05) is 97.1 Å². The van der Waals surface area contributed by atoms with Crippen molar-refractivity contribution in [3.05, 3.63) is 120 Å². The lowest BCUT2D eigenvalue weighted by Crippen LogP contribution is -2.44. The van der Waals surface area contributed by atoms with Gasteiger partial charge in [-0.25, -0.2) is 0 Å². The van der Waals surface area contributed by atoms with E-state index in [9.17, 15) is 9.59 Å². The molecule has 1 N–H and O–H groups in total. The lowest BCUT2D eigenvalue weighted by molar-refractivity contribution is -0.119. The van der Waals surface area contributed by atoms with Gasteiger partial charge >= 0.3 is 0 Å². The van der Waals surface area contributed by atoms with Gasteiger partial charge in [-0.3, -0.25) is 9.59 Å². The highest BCUT2D eigenvalue weighted by atomic mass is 16.5. The molecule has 0 spiro atoms. The molecule has 1 aliphatic rings. The summed E-state index contributed by atoms with van der Waals surface area (Å²) in [6, 6.07) is 31.1. The van der Waals surface area contributed by atoms with Crippen LogP contribution in [-0.2, 0) is 4.79 Å². The minimum atomic E-state index is -0.599. The Morgan fingerprint density at radius 3 is 2.08 bits per heavy atom. The predicted molar refractivity (Wildman–Crippen MR) is 139 cm³/mol. The van der Waals surface area contributed by atoms with Crippen LogP contribution in [0.4, 0.5) is 5.69 Å². The molecule has 0 fully saturated rings. The Kier molecular flexibility index (Phi) is 6.41. The maximum Gasteiger partial charge on any atom is 0.254 e. The number of nitrogens with zero attached hydrogens (tertiary/aromatic N) is 1. The first kappa shape index (κ1) is 23.2. The summed E-state index contributed by atoms with van der Waals surface area (Å²) in [6.45, 7) is 0. The minimum Gasteiger partial charge on any atom is -0.497 e. The number of methoxy groups -OCH3 is 1. The van der Waals surface area contributed by atoms with Crippen molar-refractivity contribution in [3.63, 3.8) is 0 Å². The number of likely N-dealkylation sites (N-methyl/N-ethyl adjacent to an activating group) is 1. The predicted octanol–water partition coefficient (Wildman–Crippen LogP) is 6.04. The van der Waals surface area contributed by atoms with E-state index in [0.29, 0.717) is 28.3 Å². The Morgan fingerprint density at radius 2 is 1.39 bits per heavy atom. The number of anilines is 1. The van der Waals surface area contributed by atoms with Gasteiger partial charge in [0.05, 0.1) is 19.1 Å². The number of carbonyl (C=O) groups excluding carboxylic acids is 2. The molecule has 6 nitrogen and oxygen atoms in total. The average Bonchev–Trinajstić information content (AvgIpc) is 2.92. The molecule has 1 aliphatic heterocycles. The van der Waals surface area contributed by atoms with Gasteiger partial charge in [-0.1, -0.05) is 48.5 Å². The number of ether oxygens (including phenoxy) is 2. The summed E-state index contributed by atoms with van der Waals surface area (Å²) in [7, 11) is 3.34. The van der Waals surface area contributed by atoms with E-state index >= 15 is 0 Å². The van der Waals surface area contributed by atoms with Crippen molar-refractivity contribution in [2.24, 2.45) is 0 Å². The molecule has 2 atom stereocenters. The fourth-order valence-electron chi connectivity index (χ4n) is 4.63. The second-order valence-corrected chi connectivity index (χ2v) is 8.63. The van der Waals surface area contributed by atoms with Crippen LogP contribution >= 0.6 is 0 Å². The summed E-state index contributed by atoms with van der Waals surface area (Å²) in [4.78, 5) is 28.6. The van der Waals surface area contributed by atoms with Gasteiger partial charge in [0.15, 0.2) is 0 Å². The topological polar surface area (TPSA) is 67.9 Å². The highest BCUT2D eigenvalue weighted by Gasteiger charge is 2.42. The second kappa shape index (κ2) is 9.96. The summed E-state index contributed by atoms with van der Waals surface area (Å²) in [5.41, 5.74) is 2.75. The number of nitrogens with one attached hydrogen (secondary N) is 1. The average molecular weight is 479 g/mol. The number of para-hydroxylation sites is 1. The van der Waals surface area contributed by atoms with Gasteiger partial charge in [-0.15, -0.1) is 0 Å². The molecule has 4 aromatic rings. The van der Waals surface area contributed by atoms with E-state index in [0.717, 1.165) is 11.3 Å². The van der Waals surface area contributed by atoms with Crippen LogP contribution in [0.1, 0.15) is 33.4 Å². The summed E-state index contributed by atoms with van der Waals surface area (Å²) in [6.07, 6.45) is 0. The van der Waals surface area contributed by atoms with Crippen molar-refractivity contribution in [1.82, 2.24) is 4.90 Å². The lowest BCUT2D eigenvalue weighted by Gasteiger charge is -2.39. The molecule has 180 valence electrons. The first-order valence-corrected chi connectivity index (χ1v) is 11.7. The van der Waals surface area contributed by atoms with Gasteiger partial charge in [0.25, 0.3) is 5.91 Å². The highest BCUT2D eigenvalue weighted by molar-refractivity contribution is 6.04. The van der Waals surface area contributed by atoms with E-state index in [4.69, 9.17) is 9.47 Å². The van der Waals surface area contributed by atoms with Crippen LogP contribution < -0.4 is 14.8 Å². The molecule has 36 heavy (non-hydrogen) atoms. The van der Waals surface area contributed by atoms with Crippen molar-refractivity contribution in [3.8, 4) is 17.2 Å². The molecular formula is C30H26N2O4. The van der Waals surface area contributed by atoms with Crippen LogP contribution in [0.15, 0.2) is 103 Å². The van der Waals surface area contributed by atoms with Crippen molar-refractivity contribution >= 4 is 17.5 Å². The van der Waals surface area contributed by atoms with Crippen LogP contribution in [0, 0.1) is 0 Å². The molecule has 5 rings (SSSR count). The molecular weight excluding hydrogens is 452 g/mol. The van der Waals surface area contributed by atoms with Crippen LogP contribution in [0.5, 0.6) is 17.2 Å². The van der Waals surface area contributed by atoms with Crippen molar-refractivity contribution in [2.75, 3.05) is 19.5 Å². The maximum atomic E-state index is 13.8. The highest BCUT2D eigenvalue weighted by Crippen LogP contribution is 2.43. The molecule has 4 aromatic carbocycles. The van der Waals surface area contributed by atoms with Crippen LogP contribution in [0.25, 0.3) is 0 Å². The van der Waals surface area contributed by atoms with E-state index in [-0.39, 0.29) is 11.8 Å². The summed E-state index contributed by atoms with van der Waals surface area (Å²) in [5, 5.41) is 3.04. The molecule has 0 aliphatic carbocycles. The zero-order valence-corrected chi connectivity index (χ0v) is 20.0. The molecule has 2 amide bonds. The minimum absolute atomic E-state index is 0.113. The van der Waals surface area contributed by atoms with Gasteiger partial charge in [0, 0.05) is 18.3 Å². The smallest absolute Gasteiger partial charge is 0.254 e. The van der Waals surface area contributed by atoms with Crippen LogP contribution in [0.3, 0.4) is 0 Å². The van der Waals surface area contributed by atoms with Crippen LogP contribution in [0.2, 0.25) is 0 Å². The third-order valence-corrected chi connectivity index (χ3v) is 6.42. The summed E-state index contributed by atoms with van der Waals surface area (Å²) >= 11 is 0. The summed E-state index contributed by atoms with van der Waals surface area (Å²) in [5.74, 6) is 1.21. The summed E-state index contributed by atoms with van der Waals surface area (Å²) < 4.78 is 11.1. The van der Waals surface area contributed by atoms with Crippen molar-refractivity contribution < 1.29 is 19.1 Å². The standard InChI is InChI=1S/C30H26N2O4/c1-32-28(20-12-16-22(35-2)17-13-20)27(25-10-6-7-11-26(25)30(32)34)29(33)31-21-14-18-24(19-15-21)36-23-8-4-3-5-9-23/h3-19,27-28H,1-2H3,(H,31,33)/t27-,28-/m0/s1. The molecule has 1 heterocycles. The molecule has 0 saturated carbocycles. The Morgan fingerprint density at radius 1 is 0.778 bits per heavy atom. The Bertz CT molecular complexity index is 1370. The van der Waals surface area contributed by atoms with E-state index in [1.165, 1.54) is 0 Å². The first-order chi connectivity index (χ1) is 17.5. The van der Waals surface area contributed by atoms with E-state index < -0.39 is 12.0 Å². The zero-order chi connectivity index (χ0) is 25.1. The lowest BCUT2D eigenvalue weighted by atomic mass is 9.79. The van der Waals surface area contributed by atoms with Crippen LogP contribution in [-0.4, -0.2) is 30.9 Å². The van der Waals surface area contributed by atoms with Gasteiger partial charge in [-0.05, 0) is 65.7 Å². The molecule has 6 heteroatoms. The normalized spacial score (nSPS) is 16.7. The van der Waals surface area contributed by atoms with Gasteiger partial charge in [0.1, 0.15) is 17.2 Å². The third-order valence-electron chi connectivity index (χ3n) is 6.42. The monoisotopic (exact) mass is 478 g/mol. The number of benzene rings is 4. The molecule has 0 bridgehead atoms. The molecule has 0 aromatic heterocycles. The van der Waals surface area contributed by atoms with Crippen molar-refractivity contribution in [1.29, 1.82) is 0 Å². The fourth-order valence-corrected chi connectivity index (χ4v) is 4.63. The maximum absolute atomic E-state index is 13.8. The number of hydrogen-bond acceptors (Lipinski definition) is 4. The number of hydrogen-bond donors (Lipinski definition) is 1. The Balaban J connectivity index is 1.44. The Hall–Kier alpha value is -4.58. The molecule has 0 unspecified atom stereocenters. The van der Waals surface area contributed by atoms with Gasteiger partial charge in [0.2, 0.25) is 5.91 Å². The third kappa shape index (κ3) is 4.53. The number of fused-ring (bicyclic) bond motifs is 1. The fraction of sp³-hybridized carbons (Fsp3) is 0.133. The quantitative estimate of drug-likeness (QED) is 0.367. The second-order valence-electron chi connectivity index (χ2n) is 8.63. The van der Waals surface area contributed by atoms with Gasteiger partial charge in [-0.2, -0.15) is 0 Å². The molecule has 0 radical (unpaired) electrons. The van der Waals surface area contributed by atoms with E-state index in [2.05, 4.69) is 5.32 Å². The number of carbonyl (C=O) groups is 2. The zero-order valence-electron chi connectivity index (χ0n) is 20.0.